The van der Waals surface area contributed by atoms with Crippen molar-refractivity contribution in [1.82, 2.24) is 14.7 Å². The Morgan fingerprint density at radius 3 is 2.95 bits per heavy atom. The van der Waals surface area contributed by atoms with Crippen LogP contribution in [0.5, 0.6) is 0 Å². The lowest BCUT2D eigenvalue weighted by atomic mass is 10.1. The molecule has 1 aliphatic rings. The van der Waals surface area contributed by atoms with Gasteiger partial charge in [0.2, 0.25) is 0 Å². The Labute approximate surface area is 114 Å². The fraction of sp³-hybridized carbons (Fsp3) is 0.714. The molecule has 0 aliphatic carbocycles. The van der Waals surface area contributed by atoms with Crippen LogP contribution in [0, 0.1) is 6.92 Å². The standard InChI is InChI=1S/C14H24N4O/c1-3-18-13(9-11(2)16-18)14(19)17-8-6-4-5-7-12(17)10-15/h9,12H,3-8,10,15H2,1-2H3. The van der Waals surface area contributed by atoms with Crippen molar-refractivity contribution >= 4 is 5.91 Å². The topological polar surface area (TPSA) is 64.2 Å². The molecule has 5 nitrogen and oxygen atoms in total. The summed E-state index contributed by atoms with van der Waals surface area (Å²) in [6.45, 7) is 6.01. The van der Waals surface area contributed by atoms with Gasteiger partial charge in [0.15, 0.2) is 0 Å². The number of rotatable bonds is 3. The van der Waals surface area contributed by atoms with Crippen LogP contribution in [0.2, 0.25) is 0 Å². The summed E-state index contributed by atoms with van der Waals surface area (Å²) in [6, 6.07) is 2.06. The van der Waals surface area contributed by atoms with Gasteiger partial charge in [0, 0.05) is 25.7 Å². The molecule has 2 rings (SSSR count). The summed E-state index contributed by atoms with van der Waals surface area (Å²) in [7, 11) is 0. The number of aryl methyl sites for hydroxylation is 2. The van der Waals surface area contributed by atoms with Gasteiger partial charge in [-0.05, 0) is 32.8 Å². The molecule has 1 aromatic rings. The highest BCUT2D eigenvalue weighted by Crippen LogP contribution is 2.19. The molecule has 2 N–H and O–H groups in total. The largest absolute Gasteiger partial charge is 0.333 e. The summed E-state index contributed by atoms with van der Waals surface area (Å²) in [6.07, 6.45) is 4.44. The third-order valence-electron chi connectivity index (χ3n) is 3.83. The van der Waals surface area contributed by atoms with E-state index in [0.717, 1.165) is 38.0 Å². The molecule has 1 aromatic heterocycles. The molecule has 2 heterocycles. The van der Waals surface area contributed by atoms with Crippen LogP contribution in [0.25, 0.3) is 0 Å². The number of amides is 1. The van der Waals surface area contributed by atoms with Crippen molar-refractivity contribution in [3.63, 3.8) is 0 Å². The maximum absolute atomic E-state index is 12.7. The number of hydrogen-bond acceptors (Lipinski definition) is 3. The molecular weight excluding hydrogens is 240 g/mol. The minimum absolute atomic E-state index is 0.0831. The molecule has 1 amide bonds. The number of likely N-dealkylation sites (tertiary alicyclic amines) is 1. The normalized spacial score (nSPS) is 20.4. The van der Waals surface area contributed by atoms with E-state index in [0.29, 0.717) is 12.2 Å². The number of hydrogen-bond donors (Lipinski definition) is 1. The van der Waals surface area contributed by atoms with E-state index in [1.807, 2.05) is 24.8 Å². The molecule has 1 saturated heterocycles. The summed E-state index contributed by atoms with van der Waals surface area (Å²) >= 11 is 0. The second kappa shape index (κ2) is 6.19. The molecular formula is C14H24N4O. The third-order valence-corrected chi connectivity index (χ3v) is 3.83. The van der Waals surface area contributed by atoms with Gasteiger partial charge in [-0.15, -0.1) is 0 Å². The van der Waals surface area contributed by atoms with Crippen molar-refractivity contribution in [2.45, 2.75) is 52.1 Å². The molecule has 1 fully saturated rings. The highest BCUT2D eigenvalue weighted by molar-refractivity contribution is 5.93. The van der Waals surface area contributed by atoms with E-state index in [2.05, 4.69) is 5.10 Å². The molecule has 0 bridgehead atoms. The summed E-state index contributed by atoms with van der Waals surface area (Å²) < 4.78 is 1.79. The van der Waals surface area contributed by atoms with Gasteiger partial charge in [0.05, 0.1) is 5.69 Å². The molecule has 106 valence electrons. The number of nitrogens with zero attached hydrogens (tertiary/aromatic N) is 3. The van der Waals surface area contributed by atoms with E-state index in [1.54, 1.807) is 4.68 Å². The molecule has 0 radical (unpaired) electrons. The average Bonchev–Trinajstić information content (AvgIpc) is 2.64. The zero-order chi connectivity index (χ0) is 13.8. The van der Waals surface area contributed by atoms with E-state index >= 15 is 0 Å². The molecule has 0 spiro atoms. The van der Waals surface area contributed by atoms with Gasteiger partial charge in [-0.2, -0.15) is 5.10 Å². The van der Waals surface area contributed by atoms with Crippen molar-refractivity contribution in [2.75, 3.05) is 13.1 Å². The van der Waals surface area contributed by atoms with Crippen molar-refractivity contribution < 1.29 is 4.79 Å². The minimum Gasteiger partial charge on any atom is -0.333 e. The zero-order valence-electron chi connectivity index (χ0n) is 11.9. The fourth-order valence-corrected chi connectivity index (χ4v) is 2.80. The zero-order valence-corrected chi connectivity index (χ0v) is 11.9. The number of carbonyl (C=O) groups excluding carboxylic acids is 1. The average molecular weight is 264 g/mol. The molecule has 0 saturated carbocycles. The predicted octanol–water partition coefficient (Wildman–Crippen LogP) is 1.55. The van der Waals surface area contributed by atoms with E-state index in [4.69, 9.17) is 5.73 Å². The second-order valence-corrected chi connectivity index (χ2v) is 5.22. The Bertz CT molecular complexity index is 441. The van der Waals surface area contributed by atoms with Gasteiger partial charge in [-0.25, -0.2) is 0 Å². The molecule has 1 atom stereocenters. The highest BCUT2D eigenvalue weighted by Gasteiger charge is 2.27. The maximum Gasteiger partial charge on any atom is 0.272 e. The Kier molecular flexibility index (Phi) is 4.58. The molecule has 5 heteroatoms. The lowest BCUT2D eigenvalue weighted by Gasteiger charge is -2.29. The van der Waals surface area contributed by atoms with Gasteiger partial charge in [-0.3, -0.25) is 9.48 Å². The second-order valence-electron chi connectivity index (χ2n) is 5.22. The van der Waals surface area contributed by atoms with E-state index in [9.17, 15) is 4.79 Å². The summed E-state index contributed by atoms with van der Waals surface area (Å²) in [5.74, 6) is 0.0831. The number of aromatic nitrogens is 2. The number of carbonyl (C=O) groups is 1. The first-order valence-electron chi connectivity index (χ1n) is 7.22. The van der Waals surface area contributed by atoms with Crippen LogP contribution in [0.15, 0.2) is 6.07 Å². The first-order valence-corrected chi connectivity index (χ1v) is 7.22. The Balaban J connectivity index is 2.24. The smallest absolute Gasteiger partial charge is 0.272 e. The van der Waals surface area contributed by atoms with Crippen molar-refractivity contribution in [3.8, 4) is 0 Å². The Morgan fingerprint density at radius 2 is 2.26 bits per heavy atom. The number of nitrogens with two attached hydrogens (primary N) is 1. The summed E-state index contributed by atoms with van der Waals surface area (Å²) in [5, 5.41) is 4.36. The maximum atomic E-state index is 12.7. The van der Waals surface area contributed by atoms with Crippen LogP contribution < -0.4 is 5.73 Å². The van der Waals surface area contributed by atoms with Crippen molar-refractivity contribution in [2.24, 2.45) is 5.73 Å². The van der Waals surface area contributed by atoms with E-state index < -0.39 is 0 Å². The van der Waals surface area contributed by atoms with Crippen LogP contribution >= 0.6 is 0 Å². The molecule has 1 unspecified atom stereocenters. The van der Waals surface area contributed by atoms with Crippen LogP contribution in [0.1, 0.15) is 48.8 Å². The van der Waals surface area contributed by atoms with E-state index in [1.165, 1.54) is 6.42 Å². The SMILES string of the molecule is CCn1nc(C)cc1C(=O)N1CCCCCC1CN. The third kappa shape index (κ3) is 2.97. The van der Waals surface area contributed by atoms with Gasteiger partial charge < -0.3 is 10.6 Å². The predicted molar refractivity (Wildman–Crippen MR) is 75.0 cm³/mol. The lowest BCUT2D eigenvalue weighted by molar-refractivity contribution is 0.0676. The van der Waals surface area contributed by atoms with Crippen LogP contribution in [0.3, 0.4) is 0 Å². The summed E-state index contributed by atoms with van der Waals surface area (Å²) in [4.78, 5) is 14.7. The summed E-state index contributed by atoms with van der Waals surface area (Å²) in [5.41, 5.74) is 7.43. The van der Waals surface area contributed by atoms with Crippen LogP contribution in [0.4, 0.5) is 0 Å². The minimum atomic E-state index is 0.0831. The molecule has 19 heavy (non-hydrogen) atoms. The van der Waals surface area contributed by atoms with E-state index in [-0.39, 0.29) is 11.9 Å². The van der Waals surface area contributed by atoms with Crippen LogP contribution in [-0.4, -0.2) is 39.7 Å². The van der Waals surface area contributed by atoms with Crippen molar-refractivity contribution in [3.05, 3.63) is 17.5 Å². The van der Waals surface area contributed by atoms with Gasteiger partial charge in [0.25, 0.3) is 5.91 Å². The lowest BCUT2D eigenvalue weighted by Crippen LogP contribution is -2.44. The van der Waals surface area contributed by atoms with Gasteiger partial charge >= 0.3 is 0 Å². The van der Waals surface area contributed by atoms with Gasteiger partial charge in [-0.1, -0.05) is 12.8 Å². The van der Waals surface area contributed by atoms with Crippen LogP contribution in [-0.2, 0) is 6.54 Å². The quantitative estimate of drug-likeness (QED) is 0.901. The molecule has 0 aromatic carbocycles. The first kappa shape index (κ1) is 14.1. The Morgan fingerprint density at radius 1 is 1.47 bits per heavy atom. The monoisotopic (exact) mass is 264 g/mol. The highest BCUT2D eigenvalue weighted by atomic mass is 16.2. The first-order chi connectivity index (χ1) is 9.17. The molecule has 1 aliphatic heterocycles. The Hall–Kier alpha value is -1.36. The fourth-order valence-electron chi connectivity index (χ4n) is 2.80. The van der Waals surface area contributed by atoms with Gasteiger partial charge in [0.1, 0.15) is 5.69 Å². The van der Waals surface area contributed by atoms with Crippen molar-refractivity contribution in [1.29, 1.82) is 0 Å².